The molecule has 118 valence electrons. The van der Waals surface area contributed by atoms with Crippen LogP contribution in [0.1, 0.15) is 23.8 Å². The zero-order valence-corrected chi connectivity index (χ0v) is 14.2. The molecule has 23 heavy (non-hydrogen) atoms. The summed E-state index contributed by atoms with van der Waals surface area (Å²) < 4.78 is 15.6. The summed E-state index contributed by atoms with van der Waals surface area (Å²) in [5.41, 5.74) is 1.09. The molecule has 1 aliphatic carbocycles. The Kier molecular flexibility index (Phi) is 3.46. The lowest BCUT2D eigenvalue weighted by molar-refractivity contribution is 0.509. The van der Waals surface area contributed by atoms with Crippen molar-refractivity contribution in [1.29, 1.82) is 0 Å². The van der Waals surface area contributed by atoms with Crippen LogP contribution < -0.4 is 5.56 Å². The predicted octanol–water partition coefficient (Wildman–Crippen LogP) is 4.37. The number of rotatable bonds is 1. The Morgan fingerprint density at radius 3 is 2.96 bits per heavy atom. The maximum Gasteiger partial charge on any atom is 0.268 e. The molecule has 3 aromatic rings. The molecular formula is C17H15FN2OS2. The van der Waals surface area contributed by atoms with Crippen molar-refractivity contribution in [2.24, 2.45) is 5.92 Å². The molecule has 0 amide bonds. The number of aromatic nitrogens is 2. The number of benzene rings is 1. The van der Waals surface area contributed by atoms with Gasteiger partial charge in [-0.2, -0.15) is 0 Å². The largest absolute Gasteiger partial charge is 0.323 e. The maximum atomic E-state index is 14.1. The minimum atomic E-state index is -0.453. The summed E-state index contributed by atoms with van der Waals surface area (Å²) in [6.45, 7) is 2.23. The number of hydrogen-bond donors (Lipinski definition) is 1. The lowest BCUT2D eigenvalue weighted by Crippen LogP contribution is -2.22. The number of para-hydroxylation sites is 1. The van der Waals surface area contributed by atoms with Gasteiger partial charge in [0.25, 0.3) is 5.56 Å². The van der Waals surface area contributed by atoms with E-state index < -0.39 is 5.82 Å². The number of H-pyrrole nitrogens is 1. The second-order valence-electron chi connectivity index (χ2n) is 6.08. The predicted molar refractivity (Wildman–Crippen MR) is 93.8 cm³/mol. The quantitative estimate of drug-likeness (QED) is 0.664. The Balaban J connectivity index is 2.07. The molecule has 0 fully saturated rings. The average Bonchev–Trinajstić information content (AvgIpc) is 2.86. The number of nitrogens with zero attached hydrogens (tertiary/aromatic N) is 1. The molecule has 0 saturated carbocycles. The zero-order valence-electron chi connectivity index (χ0n) is 12.6. The van der Waals surface area contributed by atoms with Crippen molar-refractivity contribution >= 4 is 33.8 Å². The van der Waals surface area contributed by atoms with Gasteiger partial charge < -0.3 is 4.98 Å². The summed E-state index contributed by atoms with van der Waals surface area (Å²) in [7, 11) is 0. The number of nitrogens with one attached hydrogen (secondary N) is 1. The summed E-state index contributed by atoms with van der Waals surface area (Å²) in [4.78, 5) is 18.2. The van der Waals surface area contributed by atoms with Gasteiger partial charge in [-0.3, -0.25) is 4.79 Å². The van der Waals surface area contributed by atoms with Gasteiger partial charge in [0.05, 0.1) is 11.1 Å². The maximum absolute atomic E-state index is 14.1. The third kappa shape index (κ3) is 2.28. The van der Waals surface area contributed by atoms with Crippen LogP contribution in [0.15, 0.2) is 29.1 Å². The van der Waals surface area contributed by atoms with Crippen LogP contribution in [-0.2, 0) is 12.8 Å². The van der Waals surface area contributed by atoms with Crippen LogP contribution in [0.25, 0.3) is 15.9 Å². The molecule has 0 aliphatic heterocycles. The van der Waals surface area contributed by atoms with Gasteiger partial charge in [-0.1, -0.05) is 19.1 Å². The van der Waals surface area contributed by atoms with Gasteiger partial charge in [-0.25, -0.2) is 8.96 Å². The zero-order chi connectivity index (χ0) is 16.1. The second kappa shape index (κ2) is 5.39. The normalized spacial score (nSPS) is 17.4. The van der Waals surface area contributed by atoms with Crippen LogP contribution in [0.2, 0.25) is 0 Å². The SMILES string of the molecule is C[C@@H]1CCc2c(sc3[nH]c(=S)n(-c4ccccc4F)c(=O)c23)C1. The molecule has 0 unspecified atom stereocenters. The average molecular weight is 346 g/mol. The molecule has 4 rings (SSSR count). The molecular weight excluding hydrogens is 331 g/mol. The van der Waals surface area contributed by atoms with Crippen molar-refractivity contribution in [3.05, 3.63) is 55.6 Å². The molecule has 0 saturated heterocycles. The van der Waals surface area contributed by atoms with E-state index in [2.05, 4.69) is 11.9 Å². The topological polar surface area (TPSA) is 37.8 Å². The third-order valence-corrected chi connectivity index (χ3v) is 5.90. The van der Waals surface area contributed by atoms with Crippen molar-refractivity contribution in [1.82, 2.24) is 9.55 Å². The molecule has 6 heteroatoms. The molecule has 0 radical (unpaired) electrons. The number of halogens is 1. The highest BCUT2D eigenvalue weighted by atomic mass is 32.1. The first-order valence-electron chi connectivity index (χ1n) is 7.60. The van der Waals surface area contributed by atoms with Gasteiger partial charge in [-0.15, -0.1) is 11.3 Å². The van der Waals surface area contributed by atoms with Gasteiger partial charge >= 0.3 is 0 Å². The molecule has 1 N–H and O–H groups in total. The first kappa shape index (κ1) is 14.8. The van der Waals surface area contributed by atoms with Gasteiger partial charge in [0, 0.05) is 4.88 Å². The van der Waals surface area contributed by atoms with E-state index in [9.17, 15) is 9.18 Å². The second-order valence-corrected chi connectivity index (χ2v) is 7.57. The summed E-state index contributed by atoms with van der Waals surface area (Å²) in [6.07, 6.45) is 2.97. The van der Waals surface area contributed by atoms with Crippen molar-refractivity contribution in [3.63, 3.8) is 0 Å². The van der Waals surface area contributed by atoms with Crippen LogP contribution in [0.5, 0.6) is 0 Å². The molecule has 2 aromatic heterocycles. The van der Waals surface area contributed by atoms with Crippen molar-refractivity contribution in [2.75, 3.05) is 0 Å². The van der Waals surface area contributed by atoms with Crippen molar-refractivity contribution in [2.45, 2.75) is 26.2 Å². The van der Waals surface area contributed by atoms with E-state index >= 15 is 0 Å². The summed E-state index contributed by atoms with van der Waals surface area (Å²) in [5.74, 6) is 0.179. The van der Waals surface area contributed by atoms with Gasteiger partial charge in [0.1, 0.15) is 10.6 Å². The molecule has 1 aromatic carbocycles. The minimum absolute atomic E-state index is 0.199. The highest BCUT2D eigenvalue weighted by Crippen LogP contribution is 2.35. The van der Waals surface area contributed by atoms with E-state index in [1.165, 1.54) is 15.5 Å². The fourth-order valence-electron chi connectivity index (χ4n) is 3.27. The van der Waals surface area contributed by atoms with Crippen molar-refractivity contribution < 1.29 is 4.39 Å². The third-order valence-electron chi connectivity index (χ3n) is 4.45. The summed E-state index contributed by atoms with van der Waals surface area (Å²) in [5, 5.41) is 0.675. The highest BCUT2D eigenvalue weighted by molar-refractivity contribution is 7.71. The number of aryl methyl sites for hydroxylation is 1. The minimum Gasteiger partial charge on any atom is -0.323 e. The fourth-order valence-corrected chi connectivity index (χ4v) is 5.02. The molecule has 1 aliphatic rings. The van der Waals surface area contributed by atoms with Crippen LogP contribution in [0.3, 0.4) is 0 Å². The molecule has 0 spiro atoms. The van der Waals surface area contributed by atoms with E-state index in [1.807, 2.05) is 0 Å². The standard InChI is InChI=1S/C17H15FN2OS2/c1-9-6-7-10-13(8-9)23-15-14(10)16(21)20(17(22)19-15)12-5-3-2-4-11(12)18/h2-5,9H,6-8H2,1H3,(H,19,22)/t9-/m1/s1. The molecule has 1 atom stereocenters. The van der Waals surface area contributed by atoms with E-state index in [0.29, 0.717) is 11.3 Å². The van der Waals surface area contributed by atoms with Crippen LogP contribution >= 0.6 is 23.6 Å². The first-order valence-corrected chi connectivity index (χ1v) is 8.83. The number of aromatic amines is 1. The number of thiophene rings is 1. The van der Waals surface area contributed by atoms with Crippen molar-refractivity contribution in [3.8, 4) is 5.69 Å². The molecule has 2 heterocycles. The van der Waals surface area contributed by atoms with E-state index in [0.717, 1.165) is 29.7 Å². The number of fused-ring (bicyclic) bond motifs is 3. The Morgan fingerprint density at radius 1 is 1.39 bits per heavy atom. The summed E-state index contributed by atoms with van der Waals surface area (Å²) in [6, 6.07) is 6.22. The lowest BCUT2D eigenvalue weighted by Gasteiger charge is -2.17. The van der Waals surface area contributed by atoms with Crippen LogP contribution in [0.4, 0.5) is 4.39 Å². The summed E-state index contributed by atoms with van der Waals surface area (Å²) >= 11 is 6.93. The highest BCUT2D eigenvalue weighted by Gasteiger charge is 2.23. The fraction of sp³-hybridized carbons (Fsp3) is 0.294. The van der Waals surface area contributed by atoms with Gasteiger partial charge in [0.15, 0.2) is 4.77 Å². The van der Waals surface area contributed by atoms with Gasteiger partial charge in [0.2, 0.25) is 0 Å². The van der Waals surface area contributed by atoms with E-state index in [4.69, 9.17) is 12.2 Å². The van der Waals surface area contributed by atoms with E-state index in [1.54, 1.807) is 29.5 Å². The first-order chi connectivity index (χ1) is 11.1. The monoisotopic (exact) mass is 346 g/mol. The number of hydrogen-bond acceptors (Lipinski definition) is 3. The smallest absolute Gasteiger partial charge is 0.268 e. The Hall–Kier alpha value is -1.79. The van der Waals surface area contributed by atoms with Gasteiger partial charge in [-0.05, 0) is 55.1 Å². The Morgan fingerprint density at radius 2 is 2.17 bits per heavy atom. The Labute approximate surface area is 141 Å². The Bertz CT molecular complexity index is 1030. The molecule has 3 nitrogen and oxygen atoms in total. The van der Waals surface area contributed by atoms with Crippen LogP contribution in [0, 0.1) is 16.5 Å². The van der Waals surface area contributed by atoms with E-state index in [-0.39, 0.29) is 16.0 Å². The lowest BCUT2D eigenvalue weighted by atomic mass is 9.89. The molecule has 0 bridgehead atoms. The van der Waals surface area contributed by atoms with Crippen LogP contribution in [-0.4, -0.2) is 9.55 Å².